The summed E-state index contributed by atoms with van der Waals surface area (Å²) >= 11 is 0. The van der Waals surface area contributed by atoms with Crippen LogP contribution in [0, 0.1) is 23.5 Å². The minimum absolute atomic E-state index is 0.0497. The van der Waals surface area contributed by atoms with Crippen LogP contribution in [0.2, 0.25) is 0 Å². The molecule has 2 fully saturated rings. The molecule has 1 aromatic carbocycles. The number of halogens is 2. The second-order valence-electron chi connectivity index (χ2n) is 5.45. The van der Waals surface area contributed by atoms with Crippen molar-refractivity contribution in [2.24, 2.45) is 11.8 Å². The third-order valence-electron chi connectivity index (χ3n) is 4.40. The van der Waals surface area contributed by atoms with Gasteiger partial charge in [-0.1, -0.05) is 12.1 Å². The summed E-state index contributed by atoms with van der Waals surface area (Å²) in [6.45, 7) is 6.04. The van der Waals surface area contributed by atoms with Gasteiger partial charge in [-0.3, -0.25) is 4.90 Å². The van der Waals surface area contributed by atoms with Crippen molar-refractivity contribution in [2.45, 2.75) is 13.0 Å². The molecule has 2 saturated heterocycles. The van der Waals surface area contributed by atoms with Crippen LogP contribution in [0.3, 0.4) is 0 Å². The Balaban J connectivity index is 1.79. The molecular weight excluding hydrogens is 234 g/mol. The van der Waals surface area contributed by atoms with E-state index in [4.69, 9.17) is 0 Å². The zero-order valence-electron chi connectivity index (χ0n) is 10.5. The highest BCUT2D eigenvalue weighted by Crippen LogP contribution is 2.33. The standard InChI is InChI=1S/C14H18F2N2/c1-9(12-3-2-4-13(15)14(12)16)18-7-10-5-17-6-11(10)8-18/h2-4,9-11,17H,5-8H2,1H3. The first-order valence-corrected chi connectivity index (χ1v) is 6.55. The van der Waals surface area contributed by atoms with E-state index in [2.05, 4.69) is 10.2 Å². The number of nitrogens with zero attached hydrogens (tertiary/aromatic N) is 1. The molecule has 3 unspecified atom stereocenters. The molecule has 2 aliphatic heterocycles. The summed E-state index contributed by atoms with van der Waals surface area (Å²) in [5, 5.41) is 3.38. The third-order valence-corrected chi connectivity index (χ3v) is 4.40. The monoisotopic (exact) mass is 252 g/mol. The number of hydrogen-bond donors (Lipinski definition) is 1. The van der Waals surface area contributed by atoms with E-state index in [1.54, 1.807) is 12.1 Å². The van der Waals surface area contributed by atoms with E-state index >= 15 is 0 Å². The van der Waals surface area contributed by atoms with Crippen LogP contribution in [0.15, 0.2) is 18.2 Å². The molecule has 0 aromatic heterocycles. The number of fused-ring (bicyclic) bond motifs is 1. The second kappa shape index (κ2) is 4.59. The fraction of sp³-hybridized carbons (Fsp3) is 0.571. The van der Waals surface area contributed by atoms with Crippen LogP contribution < -0.4 is 5.32 Å². The second-order valence-corrected chi connectivity index (χ2v) is 5.45. The smallest absolute Gasteiger partial charge is 0.163 e. The van der Waals surface area contributed by atoms with Gasteiger partial charge in [-0.05, 0) is 37.9 Å². The lowest BCUT2D eigenvalue weighted by atomic mass is 10.0. The van der Waals surface area contributed by atoms with Gasteiger partial charge in [-0.25, -0.2) is 8.78 Å². The maximum Gasteiger partial charge on any atom is 0.163 e. The average Bonchev–Trinajstić information content (AvgIpc) is 2.92. The lowest BCUT2D eigenvalue weighted by molar-refractivity contribution is 0.237. The van der Waals surface area contributed by atoms with Gasteiger partial charge in [0.05, 0.1) is 0 Å². The molecule has 18 heavy (non-hydrogen) atoms. The Kier molecular flexibility index (Phi) is 3.08. The molecule has 0 saturated carbocycles. The first kappa shape index (κ1) is 12.1. The minimum atomic E-state index is -0.750. The summed E-state index contributed by atoms with van der Waals surface area (Å²) in [6.07, 6.45) is 0. The minimum Gasteiger partial charge on any atom is -0.316 e. The van der Waals surface area contributed by atoms with E-state index in [1.165, 1.54) is 6.07 Å². The van der Waals surface area contributed by atoms with Gasteiger partial charge in [-0.15, -0.1) is 0 Å². The van der Waals surface area contributed by atoms with Crippen LogP contribution in [0.25, 0.3) is 0 Å². The summed E-state index contributed by atoms with van der Waals surface area (Å²) < 4.78 is 27.0. The fourth-order valence-corrected chi connectivity index (χ4v) is 3.25. The first-order valence-electron chi connectivity index (χ1n) is 6.55. The molecule has 0 bridgehead atoms. The Morgan fingerprint density at radius 1 is 1.22 bits per heavy atom. The molecule has 4 heteroatoms. The quantitative estimate of drug-likeness (QED) is 0.868. The van der Waals surface area contributed by atoms with Gasteiger partial charge >= 0.3 is 0 Å². The SMILES string of the molecule is CC(c1cccc(F)c1F)N1CC2CNCC2C1. The summed E-state index contributed by atoms with van der Waals surface area (Å²) in [7, 11) is 0. The fourth-order valence-electron chi connectivity index (χ4n) is 3.25. The van der Waals surface area contributed by atoms with Gasteiger partial charge in [0.15, 0.2) is 11.6 Å². The van der Waals surface area contributed by atoms with Crippen molar-refractivity contribution in [2.75, 3.05) is 26.2 Å². The highest BCUT2D eigenvalue weighted by molar-refractivity contribution is 5.22. The lowest BCUT2D eigenvalue weighted by Crippen LogP contribution is -2.29. The van der Waals surface area contributed by atoms with E-state index in [0.29, 0.717) is 17.4 Å². The number of nitrogens with one attached hydrogen (secondary N) is 1. The molecule has 1 N–H and O–H groups in total. The van der Waals surface area contributed by atoms with Crippen molar-refractivity contribution in [3.63, 3.8) is 0 Å². The van der Waals surface area contributed by atoms with Crippen LogP contribution >= 0.6 is 0 Å². The predicted octanol–water partition coefficient (Wildman–Crippen LogP) is 2.18. The van der Waals surface area contributed by atoms with Gasteiger partial charge in [0.25, 0.3) is 0 Å². The molecule has 0 radical (unpaired) electrons. The van der Waals surface area contributed by atoms with E-state index < -0.39 is 11.6 Å². The van der Waals surface area contributed by atoms with Gasteiger partial charge in [0.1, 0.15) is 0 Å². The summed E-state index contributed by atoms with van der Waals surface area (Å²) in [4.78, 5) is 2.27. The van der Waals surface area contributed by atoms with Crippen LogP contribution in [0.5, 0.6) is 0 Å². The Labute approximate surface area is 106 Å². The Hall–Kier alpha value is -1.00. The Bertz CT molecular complexity index is 437. The normalized spacial score (nSPS) is 29.5. The number of likely N-dealkylation sites (tertiary alicyclic amines) is 1. The molecule has 98 valence electrons. The highest BCUT2D eigenvalue weighted by atomic mass is 19.2. The van der Waals surface area contributed by atoms with Gasteiger partial charge in [0, 0.05) is 24.7 Å². The number of benzene rings is 1. The largest absolute Gasteiger partial charge is 0.316 e. The molecule has 1 aromatic rings. The Morgan fingerprint density at radius 2 is 1.89 bits per heavy atom. The van der Waals surface area contributed by atoms with Crippen molar-refractivity contribution >= 4 is 0 Å². The molecule has 2 aliphatic rings. The van der Waals surface area contributed by atoms with Crippen LogP contribution in [-0.2, 0) is 0 Å². The summed E-state index contributed by atoms with van der Waals surface area (Å²) in [5.74, 6) is -0.103. The predicted molar refractivity (Wildman–Crippen MR) is 66.2 cm³/mol. The van der Waals surface area contributed by atoms with Crippen molar-refractivity contribution in [3.05, 3.63) is 35.4 Å². The van der Waals surface area contributed by atoms with Crippen molar-refractivity contribution in [1.82, 2.24) is 10.2 Å². The highest BCUT2D eigenvalue weighted by Gasteiger charge is 2.38. The molecule has 2 nitrogen and oxygen atoms in total. The molecule has 3 rings (SSSR count). The molecular formula is C14H18F2N2. The first-order chi connectivity index (χ1) is 8.66. The van der Waals surface area contributed by atoms with Gasteiger partial charge in [-0.2, -0.15) is 0 Å². The molecule has 3 atom stereocenters. The van der Waals surface area contributed by atoms with E-state index in [9.17, 15) is 8.78 Å². The van der Waals surface area contributed by atoms with Crippen molar-refractivity contribution < 1.29 is 8.78 Å². The van der Waals surface area contributed by atoms with Crippen molar-refractivity contribution in [3.8, 4) is 0 Å². The van der Waals surface area contributed by atoms with E-state index in [1.807, 2.05) is 6.92 Å². The third kappa shape index (κ3) is 1.93. The van der Waals surface area contributed by atoms with Crippen molar-refractivity contribution in [1.29, 1.82) is 0 Å². The zero-order chi connectivity index (χ0) is 12.7. The topological polar surface area (TPSA) is 15.3 Å². The summed E-state index contributed by atoms with van der Waals surface area (Å²) in [6, 6.07) is 4.40. The number of hydrogen-bond acceptors (Lipinski definition) is 2. The van der Waals surface area contributed by atoms with E-state index in [-0.39, 0.29) is 6.04 Å². The van der Waals surface area contributed by atoms with Gasteiger partial charge < -0.3 is 5.32 Å². The maximum atomic E-state index is 13.8. The average molecular weight is 252 g/mol. The zero-order valence-corrected chi connectivity index (χ0v) is 10.5. The molecule has 0 amide bonds. The molecule has 0 aliphatic carbocycles. The van der Waals surface area contributed by atoms with E-state index in [0.717, 1.165) is 26.2 Å². The van der Waals surface area contributed by atoms with Crippen LogP contribution in [0.4, 0.5) is 8.78 Å². The molecule has 0 spiro atoms. The van der Waals surface area contributed by atoms with Crippen LogP contribution in [-0.4, -0.2) is 31.1 Å². The Morgan fingerprint density at radius 3 is 2.56 bits per heavy atom. The lowest BCUT2D eigenvalue weighted by Gasteiger charge is -2.26. The van der Waals surface area contributed by atoms with Crippen LogP contribution in [0.1, 0.15) is 18.5 Å². The van der Waals surface area contributed by atoms with Gasteiger partial charge in [0.2, 0.25) is 0 Å². The maximum absolute atomic E-state index is 13.8. The summed E-state index contributed by atoms with van der Waals surface area (Å²) in [5.41, 5.74) is 0.475. The number of rotatable bonds is 2. The molecule has 2 heterocycles.